The highest BCUT2D eigenvalue weighted by Gasteiger charge is 2.60. The molecule has 1 saturated heterocycles. The quantitative estimate of drug-likeness (QED) is 0.552. The van der Waals surface area contributed by atoms with Gasteiger partial charge < -0.3 is 0 Å². The van der Waals surface area contributed by atoms with Crippen molar-refractivity contribution in [1.29, 1.82) is 5.26 Å². The number of amides is 2. The molecule has 3 aliphatic rings. The highest BCUT2D eigenvalue weighted by molar-refractivity contribution is 6.22. The van der Waals surface area contributed by atoms with Crippen LogP contribution in [0.1, 0.15) is 12.0 Å². The first-order valence-electron chi connectivity index (χ1n) is 6.61. The summed E-state index contributed by atoms with van der Waals surface area (Å²) in [5.74, 6) is -0.406. The van der Waals surface area contributed by atoms with Crippen molar-refractivity contribution in [1.82, 2.24) is 9.78 Å². The molecule has 4 atom stereocenters. The fourth-order valence-electron chi connectivity index (χ4n) is 3.83. The number of hydrogen-bond donors (Lipinski definition) is 0. The first-order valence-corrected chi connectivity index (χ1v) is 6.61. The molecule has 0 spiro atoms. The number of nitriles is 1. The standard InChI is InChI=1S/C14H12N4O2/c1-17-6-9(5-15)12(16-17)18-13(19)10-7-2-3-8(4-7)11(10)14(18)20/h2-3,6-8,10-11H,4H2,1H3. The molecule has 6 heteroatoms. The molecule has 1 aliphatic heterocycles. The Morgan fingerprint density at radius 3 is 2.40 bits per heavy atom. The Kier molecular flexibility index (Phi) is 2.04. The van der Waals surface area contributed by atoms with Gasteiger partial charge in [-0.05, 0) is 18.3 Å². The molecule has 2 bridgehead atoms. The fourth-order valence-corrected chi connectivity index (χ4v) is 3.83. The van der Waals surface area contributed by atoms with Crippen LogP contribution in [0.4, 0.5) is 5.82 Å². The number of nitrogens with zero attached hydrogens (tertiary/aromatic N) is 4. The number of aromatic nitrogens is 2. The molecule has 1 aromatic heterocycles. The van der Waals surface area contributed by atoms with E-state index in [1.54, 1.807) is 7.05 Å². The summed E-state index contributed by atoms with van der Waals surface area (Å²) in [6, 6.07) is 1.99. The van der Waals surface area contributed by atoms with E-state index in [2.05, 4.69) is 5.10 Å². The molecule has 2 amide bonds. The summed E-state index contributed by atoms with van der Waals surface area (Å²) >= 11 is 0. The number of aryl methyl sites for hydroxylation is 1. The maximum Gasteiger partial charge on any atom is 0.239 e. The molecule has 4 unspecified atom stereocenters. The van der Waals surface area contributed by atoms with Crippen LogP contribution in [-0.2, 0) is 16.6 Å². The van der Waals surface area contributed by atoms with E-state index in [0.717, 1.165) is 11.3 Å². The number of carbonyl (C=O) groups is 2. The van der Waals surface area contributed by atoms with Crippen LogP contribution >= 0.6 is 0 Å². The molecule has 1 aromatic rings. The summed E-state index contributed by atoms with van der Waals surface area (Å²) in [4.78, 5) is 26.3. The lowest BCUT2D eigenvalue weighted by molar-refractivity contribution is -0.123. The third kappa shape index (κ3) is 1.20. The summed E-state index contributed by atoms with van der Waals surface area (Å²) < 4.78 is 1.45. The predicted octanol–water partition coefficient (Wildman–Crippen LogP) is 0.603. The largest absolute Gasteiger partial charge is 0.274 e. The second-order valence-electron chi connectivity index (χ2n) is 5.66. The molecule has 0 N–H and O–H groups in total. The van der Waals surface area contributed by atoms with Gasteiger partial charge in [0.1, 0.15) is 11.6 Å². The molecular formula is C14H12N4O2. The number of fused-ring (bicyclic) bond motifs is 5. The number of anilines is 1. The Balaban J connectivity index is 1.80. The Labute approximate surface area is 115 Å². The number of imide groups is 1. The smallest absolute Gasteiger partial charge is 0.239 e. The minimum atomic E-state index is -0.258. The molecule has 6 nitrogen and oxygen atoms in total. The van der Waals surface area contributed by atoms with Crippen molar-refractivity contribution in [2.24, 2.45) is 30.7 Å². The molecule has 20 heavy (non-hydrogen) atoms. The van der Waals surface area contributed by atoms with E-state index in [0.29, 0.717) is 0 Å². The van der Waals surface area contributed by atoms with E-state index >= 15 is 0 Å². The van der Waals surface area contributed by atoms with Gasteiger partial charge in [-0.25, -0.2) is 4.90 Å². The van der Waals surface area contributed by atoms with Crippen molar-refractivity contribution in [3.8, 4) is 6.07 Å². The summed E-state index contributed by atoms with van der Waals surface area (Å²) in [5.41, 5.74) is 0.259. The van der Waals surface area contributed by atoms with E-state index in [1.807, 2.05) is 18.2 Å². The van der Waals surface area contributed by atoms with Crippen LogP contribution in [0.15, 0.2) is 18.3 Å². The average molecular weight is 268 g/mol. The van der Waals surface area contributed by atoms with Crippen molar-refractivity contribution >= 4 is 17.6 Å². The fraction of sp³-hybridized carbons (Fsp3) is 0.429. The van der Waals surface area contributed by atoms with Crippen LogP contribution in [0.5, 0.6) is 0 Å². The number of allylic oxidation sites excluding steroid dienone is 2. The third-order valence-corrected chi connectivity index (χ3v) is 4.61. The van der Waals surface area contributed by atoms with Gasteiger partial charge in [0.05, 0.1) is 11.8 Å². The molecule has 2 heterocycles. The van der Waals surface area contributed by atoms with Crippen molar-refractivity contribution in [3.05, 3.63) is 23.9 Å². The number of carbonyl (C=O) groups excluding carboxylic acids is 2. The minimum absolute atomic E-state index is 0.167. The minimum Gasteiger partial charge on any atom is -0.274 e. The monoisotopic (exact) mass is 268 g/mol. The van der Waals surface area contributed by atoms with E-state index in [9.17, 15) is 9.59 Å². The zero-order valence-corrected chi connectivity index (χ0v) is 10.9. The second kappa shape index (κ2) is 3.57. The highest BCUT2D eigenvalue weighted by Crippen LogP contribution is 2.53. The molecular weight excluding hydrogens is 256 g/mol. The molecule has 4 rings (SSSR count). The maximum atomic E-state index is 12.6. The van der Waals surface area contributed by atoms with Crippen LogP contribution in [0.3, 0.4) is 0 Å². The molecule has 1 saturated carbocycles. The molecule has 2 fully saturated rings. The van der Waals surface area contributed by atoms with Gasteiger partial charge >= 0.3 is 0 Å². The van der Waals surface area contributed by atoms with E-state index in [-0.39, 0.29) is 46.9 Å². The lowest BCUT2D eigenvalue weighted by atomic mass is 9.85. The Bertz CT molecular complexity index is 681. The lowest BCUT2D eigenvalue weighted by Crippen LogP contribution is -2.33. The number of rotatable bonds is 1. The van der Waals surface area contributed by atoms with Crippen molar-refractivity contribution in [3.63, 3.8) is 0 Å². The third-order valence-electron chi connectivity index (χ3n) is 4.61. The lowest BCUT2D eigenvalue weighted by Gasteiger charge is -2.14. The second-order valence-corrected chi connectivity index (χ2v) is 5.66. The normalized spacial score (nSPS) is 33.9. The van der Waals surface area contributed by atoms with Gasteiger partial charge in [-0.2, -0.15) is 10.4 Å². The van der Waals surface area contributed by atoms with Gasteiger partial charge in [0.25, 0.3) is 0 Å². The van der Waals surface area contributed by atoms with Crippen LogP contribution in [-0.4, -0.2) is 21.6 Å². The van der Waals surface area contributed by atoms with Gasteiger partial charge in [-0.1, -0.05) is 12.2 Å². The topological polar surface area (TPSA) is 79.0 Å². The first kappa shape index (κ1) is 11.4. The Morgan fingerprint density at radius 1 is 1.25 bits per heavy atom. The van der Waals surface area contributed by atoms with Gasteiger partial charge in [0.2, 0.25) is 11.8 Å². The summed E-state index contributed by atoms with van der Waals surface area (Å²) in [6.45, 7) is 0. The zero-order chi connectivity index (χ0) is 14.0. The Morgan fingerprint density at radius 2 is 1.85 bits per heavy atom. The summed E-state index contributed by atoms with van der Waals surface area (Å²) in [6.07, 6.45) is 6.51. The van der Waals surface area contributed by atoms with Crippen molar-refractivity contribution in [2.45, 2.75) is 6.42 Å². The van der Waals surface area contributed by atoms with E-state index in [4.69, 9.17) is 5.26 Å². The molecule has 100 valence electrons. The first-order chi connectivity index (χ1) is 9.61. The van der Waals surface area contributed by atoms with E-state index in [1.165, 1.54) is 10.9 Å². The van der Waals surface area contributed by atoms with Gasteiger partial charge in [-0.3, -0.25) is 14.3 Å². The summed E-state index contributed by atoms with van der Waals surface area (Å²) in [5, 5.41) is 13.2. The average Bonchev–Trinajstić information content (AvgIpc) is 3.14. The maximum absolute atomic E-state index is 12.6. The number of hydrogen-bond acceptors (Lipinski definition) is 4. The molecule has 2 aliphatic carbocycles. The van der Waals surface area contributed by atoms with Crippen LogP contribution in [0.2, 0.25) is 0 Å². The predicted molar refractivity (Wildman–Crippen MR) is 68.1 cm³/mol. The van der Waals surface area contributed by atoms with Crippen LogP contribution in [0.25, 0.3) is 0 Å². The highest BCUT2D eigenvalue weighted by atomic mass is 16.2. The SMILES string of the molecule is Cn1cc(C#N)c(N2C(=O)C3C4C=CC(C4)C3C2=O)n1. The van der Waals surface area contributed by atoms with Gasteiger partial charge in [0, 0.05) is 13.2 Å². The van der Waals surface area contributed by atoms with E-state index < -0.39 is 0 Å². The van der Waals surface area contributed by atoms with Crippen LogP contribution < -0.4 is 4.90 Å². The van der Waals surface area contributed by atoms with Crippen molar-refractivity contribution in [2.75, 3.05) is 4.90 Å². The van der Waals surface area contributed by atoms with Gasteiger partial charge in [-0.15, -0.1) is 0 Å². The molecule has 0 aromatic carbocycles. The van der Waals surface area contributed by atoms with Crippen LogP contribution in [0, 0.1) is 35.0 Å². The summed E-state index contributed by atoms with van der Waals surface area (Å²) in [7, 11) is 1.67. The zero-order valence-electron chi connectivity index (χ0n) is 10.9. The van der Waals surface area contributed by atoms with Gasteiger partial charge in [0.15, 0.2) is 5.82 Å². The van der Waals surface area contributed by atoms with Crippen molar-refractivity contribution < 1.29 is 9.59 Å². The molecule has 0 radical (unpaired) electrons. The Hall–Kier alpha value is -2.42.